The lowest BCUT2D eigenvalue weighted by Gasteiger charge is -2.50. The van der Waals surface area contributed by atoms with E-state index in [0.717, 1.165) is 37.9 Å². The van der Waals surface area contributed by atoms with Gasteiger partial charge < -0.3 is 20.3 Å². The van der Waals surface area contributed by atoms with Crippen LogP contribution < -0.4 is 10.6 Å². The topological polar surface area (TPSA) is 121 Å². The number of hydrogen-bond donors (Lipinski definition) is 2. The Morgan fingerprint density at radius 1 is 1.21 bits per heavy atom. The molecule has 0 bridgehead atoms. The SMILES string of the molecule is COC(=O)C(=O)N1C[C@H](Cc2ccc(Cl)cc2)N(C2CCN(c3n[nH]c(N)n3)CC2)C[C@@H]1C. The molecule has 0 saturated carbocycles. The minimum Gasteiger partial charge on any atom is -0.462 e. The zero-order valence-electron chi connectivity index (χ0n) is 18.9. The highest BCUT2D eigenvalue weighted by molar-refractivity contribution is 6.32. The highest BCUT2D eigenvalue weighted by Crippen LogP contribution is 2.28. The first-order valence-corrected chi connectivity index (χ1v) is 11.6. The first kappa shape index (κ1) is 23.3. The number of piperazine rings is 1. The van der Waals surface area contributed by atoms with E-state index in [1.807, 2.05) is 31.2 Å². The Labute approximate surface area is 198 Å². The van der Waals surface area contributed by atoms with Gasteiger partial charge in [0.25, 0.3) is 0 Å². The molecule has 0 unspecified atom stereocenters. The Hall–Kier alpha value is -2.85. The third kappa shape index (κ3) is 5.22. The smallest absolute Gasteiger partial charge is 0.396 e. The number of amides is 1. The highest BCUT2D eigenvalue weighted by Gasteiger charge is 2.40. The van der Waals surface area contributed by atoms with Crippen LogP contribution in [0.5, 0.6) is 0 Å². The Morgan fingerprint density at radius 2 is 1.91 bits per heavy atom. The van der Waals surface area contributed by atoms with Crippen molar-refractivity contribution in [1.82, 2.24) is 25.0 Å². The summed E-state index contributed by atoms with van der Waals surface area (Å²) in [5, 5.41) is 7.56. The van der Waals surface area contributed by atoms with Crippen molar-refractivity contribution in [3.8, 4) is 0 Å². The Morgan fingerprint density at radius 3 is 2.52 bits per heavy atom. The quantitative estimate of drug-likeness (QED) is 0.501. The molecule has 0 spiro atoms. The van der Waals surface area contributed by atoms with Gasteiger partial charge in [0.1, 0.15) is 0 Å². The van der Waals surface area contributed by atoms with E-state index in [1.165, 1.54) is 7.11 Å². The summed E-state index contributed by atoms with van der Waals surface area (Å²) in [5.41, 5.74) is 6.82. The molecule has 1 aromatic heterocycles. The molecule has 3 N–H and O–H groups in total. The number of nitrogen functional groups attached to an aromatic ring is 1. The average molecular weight is 476 g/mol. The predicted molar refractivity (Wildman–Crippen MR) is 125 cm³/mol. The second kappa shape index (κ2) is 9.96. The van der Waals surface area contributed by atoms with Crippen LogP contribution in [0.4, 0.5) is 11.9 Å². The number of rotatable bonds is 4. The van der Waals surface area contributed by atoms with Crippen molar-refractivity contribution in [2.75, 3.05) is 43.9 Å². The lowest BCUT2D eigenvalue weighted by molar-refractivity contribution is -0.161. The lowest BCUT2D eigenvalue weighted by Crippen LogP contribution is -2.64. The van der Waals surface area contributed by atoms with Crippen LogP contribution in [0.15, 0.2) is 24.3 Å². The van der Waals surface area contributed by atoms with E-state index >= 15 is 0 Å². The van der Waals surface area contributed by atoms with Crippen LogP contribution in [-0.4, -0.2) is 88.3 Å². The molecule has 33 heavy (non-hydrogen) atoms. The maximum absolute atomic E-state index is 12.6. The number of nitrogens with one attached hydrogen (secondary N) is 1. The molecule has 2 aliphatic rings. The number of methoxy groups -OCH3 is 1. The zero-order chi connectivity index (χ0) is 23.5. The summed E-state index contributed by atoms with van der Waals surface area (Å²) in [4.78, 5) is 35.1. The predicted octanol–water partition coefficient (Wildman–Crippen LogP) is 1.33. The minimum absolute atomic E-state index is 0.0756. The molecule has 2 aliphatic heterocycles. The van der Waals surface area contributed by atoms with Gasteiger partial charge in [-0.25, -0.2) is 9.89 Å². The number of nitrogens with zero attached hydrogens (tertiary/aromatic N) is 5. The van der Waals surface area contributed by atoms with E-state index < -0.39 is 11.9 Å². The Bertz CT molecular complexity index is 975. The first-order valence-electron chi connectivity index (χ1n) is 11.2. The normalized spacial score (nSPS) is 22.4. The second-order valence-electron chi connectivity index (χ2n) is 8.72. The number of nitrogens with two attached hydrogens (primary N) is 1. The third-order valence-corrected chi connectivity index (χ3v) is 6.85. The summed E-state index contributed by atoms with van der Waals surface area (Å²) in [7, 11) is 1.24. The van der Waals surface area contributed by atoms with Crippen molar-refractivity contribution in [1.29, 1.82) is 0 Å². The van der Waals surface area contributed by atoms with Crippen molar-refractivity contribution >= 4 is 35.4 Å². The molecule has 1 amide bonds. The number of aromatic amines is 1. The number of H-pyrrole nitrogens is 1. The van der Waals surface area contributed by atoms with Gasteiger partial charge in [0.2, 0.25) is 11.9 Å². The molecule has 2 saturated heterocycles. The van der Waals surface area contributed by atoms with Crippen LogP contribution in [0.25, 0.3) is 0 Å². The number of hydrogen-bond acceptors (Lipinski definition) is 8. The molecule has 2 aromatic rings. The average Bonchev–Trinajstić information content (AvgIpc) is 3.26. The zero-order valence-corrected chi connectivity index (χ0v) is 19.7. The second-order valence-corrected chi connectivity index (χ2v) is 9.15. The number of piperidine rings is 1. The third-order valence-electron chi connectivity index (χ3n) is 6.60. The van der Waals surface area contributed by atoms with Crippen LogP contribution in [0.1, 0.15) is 25.3 Å². The molecular formula is C22H30ClN7O3. The number of benzene rings is 1. The van der Waals surface area contributed by atoms with Crippen LogP contribution in [0.2, 0.25) is 5.02 Å². The molecule has 11 heteroatoms. The van der Waals surface area contributed by atoms with E-state index in [2.05, 4.69) is 25.0 Å². The van der Waals surface area contributed by atoms with Gasteiger partial charge in [0.15, 0.2) is 0 Å². The molecule has 4 rings (SSSR count). The molecule has 10 nitrogen and oxygen atoms in total. The summed E-state index contributed by atoms with van der Waals surface area (Å²) in [6, 6.07) is 8.13. The van der Waals surface area contributed by atoms with Gasteiger partial charge in [-0.05, 0) is 43.9 Å². The largest absolute Gasteiger partial charge is 0.462 e. The lowest BCUT2D eigenvalue weighted by atomic mass is 9.94. The number of halogens is 1. The van der Waals surface area contributed by atoms with Crippen LogP contribution in [-0.2, 0) is 20.7 Å². The van der Waals surface area contributed by atoms with Crippen molar-refractivity contribution < 1.29 is 14.3 Å². The summed E-state index contributed by atoms with van der Waals surface area (Å²) in [6.45, 7) is 4.79. The van der Waals surface area contributed by atoms with E-state index in [9.17, 15) is 9.59 Å². The summed E-state index contributed by atoms with van der Waals surface area (Å²) >= 11 is 6.07. The van der Waals surface area contributed by atoms with Gasteiger partial charge in [-0.3, -0.25) is 9.69 Å². The van der Waals surface area contributed by atoms with Crippen LogP contribution in [0.3, 0.4) is 0 Å². The molecule has 2 atom stereocenters. The van der Waals surface area contributed by atoms with E-state index in [0.29, 0.717) is 36.1 Å². The van der Waals surface area contributed by atoms with E-state index in [-0.39, 0.29) is 12.1 Å². The number of aromatic nitrogens is 3. The number of anilines is 2. The fourth-order valence-electron chi connectivity index (χ4n) is 4.88. The maximum atomic E-state index is 12.6. The van der Waals surface area contributed by atoms with Crippen LogP contribution in [0, 0.1) is 0 Å². The monoisotopic (exact) mass is 475 g/mol. The Balaban J connectivity index is 1.50. The highest BCUT2D eigenvalue weighted by atomic mass is 35.5. The van der Waals surface area contributed by atoms with Gasteiger partial charge >= 0.3 is 11.9 Å². The van der Waals surface area contributed by atoms with Crippen molar-refractivity contribution in [3.05, 3.63) is 34.9 Å². The van der Waals surface area contributed by atoms with Gasteiger partial charge in [-0.15, -0.1) is 5.10 Å². The molecule has 1 aromatic carbocycles. The standard InChI is InChI=1S/C22H30ClN7O3/c1-14-12-30(17-7-9-28(10-8-17)22-25-21(24)26-27-22)18(11-15-3-5-16(23)6-4-15)13-29(14)19(31)20(32)33-2/h3-6,14,17-18H,7-13H2,1-2H3,(H3,24,25,26,27)/t14-,18-/m0/s1. The number of carbonyl (C=O) groups is 2. The summed E-state index contributed by atoms with van der Waals surface area (Å²) in [6.07, 6.45) is 2.65. The number of ether oxygens (including phenoxy) is 1. The number of carbonyl (C=O) groups excluding carboxylic acids is 2. The maximum Gasteiger partial charge on any atom is 0.396 e. The van der Waals surface area contributed by atoms with Crippen molar-refractivity contribution in [2.45, 2.75) is 44.3 Å². The van der Waals surface area contributed by atoms with Crippen molar-refractivity contribution in [3.63, 3.8) is 0 Å². The van der Waals surface area contributed by atoms with Gasteiger partial charge in [-0.1, -0.05) is 23.7 Å². The minimum atomic E-state index is -0.820. The van der Waals surface area contributed by atoms with Crippen LogP contribution >= 0.6 is 11.6 Å². The first-order chi connectivity index (χ1) is 15.9. The van der Waals surface area contributed by atoms with Crippen molar-refractivity contribution in [2.24, 2.45) is 0 Å². The molecule has 178 valence electrons. The summed E-state index contributed by atoms with van der Waals surface area (Å²) in [5.74, 6) is -0.455. The molecular weight excluding hydrogens is 446 g/mol. The van der Waals surface area contributed by atoms with Gasteiger partial charge in [0, 0.05) is 49.3 Å². The van der Waals surface area contributed by atoms with Gasteiger partial charge in [-0.2, -0.15) is 4.98 Å². The van der Waals surface area contributed by atoms with Gasteiger partial charge in [0.05, 0.1) is 7.11 Å². The Kier molecular flexibility index (Phi) is 7.04. The fourth-order valence-corrected chi connectivity index (χ4v) is 5.00. The fraction of sp³-hybridized carbons (Fsp3) is 0.545. The summed E-state index contributed by atoms with van der Waals surface area (Å²) < 4.78 is 4.69. The molecule has 3 heterocycles. The van der Waals surface area contributed by atoms with E-state index in [4.69, 9.17) is 22.1 Å². The van der Waals surface area contributed by atoms with E-state index in [1.54, 1.807) is 4.90 Å². The molecule has 0 aliphatic carbocycles. The molecule has 2 fully saturated rings. The molecule has 0 radical (unpaired) electrons. The number of esters is 1.